The van der Waals surface area contributed by atoms with E-state index in [1.54, 1.807) is 36.4 Å². The van der Waals surface area contributed by atoms with Crippen molar-refractivity contribution in [1.29, 1.82) is 0 Å². The van der Waals surface area contributed by atoms with E-state index < -0.39 is 10.8 Å². The third-order valence-corrected chi connectivity index (χ3v) is 5.20. The number of aryl methyl sites for hydroxylation is 1. The van der Waals surface area contributed by atoms with Crippen molar-refractivity contribution >= 4 is 40.4 Å². The summed E-state index contributed by atoms with van der Waals surface area (Å²) in [6.45, 7) is 1.92. The topological polar surface area (TPSA) is 93.7 Å². The van der Waals surface area contributed by atoms with Gasteiger partial charge in [0.05, 0.1) is 15.5 Å². The summed E-state index contributed by atoms with van der Waals surface area (Å²) in [7, 11) is 0. The summed E-state index contributed by atoms with van der Waals surface area (Å²) in [6, 6.07) is 16.5. The van der Waals surface area contributed by atoms with Crippen molar-refractivity contribution in [1.82, 2.24) is 0 Å². The minimum Gasteiger partial charge on any atom is -0.457 e. The Balaban J connectivity index is 1.60. The number of furan rings is 1. The average molecular weight is 406 g/mol. The highest BCUT2D eigenvalue weighted by Gasteiger charge is 2.36. The molecule has 0 aliphatic carbocycles. The number of nitro benzene ring substituents is 1. The molecule has 0 bridgehead atoms. The van der Waals surface area contributed by atoms with Crippen LogP contribution >= 0.6 is 11.8 Å². The molecule has 0 saturated carbocycles. The van der Waals surface area contributed by atoms with Crippen molar-refractivity contribution in [2.75, 3.05) is 4.90 Å². The number of hydrogen-bond acceptors (Lipinski definition) is 6. The highest BCUT2D eigenvalue weighted by Crippen LogP contribution is 2.36. The van der Waals surface area contributed by atoms with E-state index in [-0.39, 0.29) is 15.8 Å². The predicted molar refractivity (Wildman–Crippen MR) is 110 cm³/mol. The van der Waals surface area contributed by atoms with E-state index in [0.29, 0.717) is 22.8 Å². The highest BCUT2D eigenvalue weighted by atomic mass is 32.2. The minimum absolute atomic E-state index is 0.0420. The van der Waals surface area contributed by atoms with Gasteiger partial charge < -0.3 is 4.42 Å². The van der Waals surface area contributed by atoms with Gasteiger partial charge in [-0.05, 0) is 43.0 Å². The summed E-state index contributed by atoms with van der Waals surface area (Å²) in [5.41, 5.74) is 2.05. The molecule has 8 heteroatoms. The second kappa shape index (κ2) is 7.40. The Bertz CT molecular complexity index is 1160. The van der Waals surface area contributed by atoms with E-state index in [1.807, 2.05) is 19.1 Å². The summed E-state index contributed by atoms with van der Waals surface area (Å²) >= 11 is 0.836. The van der Waals surface area contributed by atoms with Crippen LogP contribution in [0.5, 0.6) is 0 Å². The van der Waals surface area contributed by atoms with E-state index in [1.165, 1.54) is 18.2 Å². The summed E-state index contributed by atoms with van der Waals surface area (Å²) in [5.74, 6) is 0.385. The number of imide groups is 1. The van der Waals surface area contributed by atoms with Crippen molar-refractivity contribution in [2.24, 2.45) is 0 Å². The van der Waals surface area contributed by atoms with Crippen LogP contribution in [0.1, 0.15) is 11.3 Å². The van der Waals surface area contributed by atoms with Crippen LogP contribution in [0.3, 0.4) is 0 Å². The number of carbonyl (C=O) groups is 2. The van der Waals surface area contributed by atoms with Crippen LogP contribution in [0, 0.1) is 17.0 Å². The fourth-order valence-electron chi connectivity index (χ4n) is 2.87. The van der Waals surface area contributed by atoms with E-state index in [0.717, 1.165) is 22.2 Å². The van der Waals surface area contributed by atoms with Gasteiger partial charge in [-0.2, -0.15) is 0 Å². The molecule has 1 aliphatic heterocycles. The molecule has 4 rings (SSSR count). The quantitative estimate of drug-likeness (QED) is 0.327. The number of nitrogens with zero attached hydrogens (tertiary/aromatic N) is 2. The van der Waals surface area contributed by atoms with Gasteiger partial charge >= 0.3 is 0 Å². The first-order valence-corrected chi connectivity index (χ1v) is 9.43. The third kappa shape index (κ3) is 3.70. The lowest BCUT2D eigenvalue weighted by molar-refractivity contribution is -0.384. The van der Waals surface area contributed by atoms with Crippen molar-refractivity contribution in [2.45, 2.75) is 6.92 Å². The maximum Gasteiger partial charge on any atom is 0.298 e. The van der Waals surface area contributed by atoms with Gasteiger partial charge in [-0.1, -0.05) is 29.8 Å². The van der Waals surface area contributed by atoms with E-state index in [2.05, 4.69) is 0 Å². The van der Waals surface area contributed by atoms with Crippen molar-refractivity contribution in [3.05, 3.63) is 87.0 Å². The van der Waals surface area contributed by atoms with E-state index >= 15 is 0 Å². The SMILES string of the molecule is Cc1ccc(N2C(=O)S/C(=C\c3ccc(-c4cccc([N+](=O)[O-])c4)o3)C2=O)cc1. The summed E-state index contributed by atoms with van der Waals surface area (Å²) in [4.78, 5) is 36.9. The fourth-order valence-corrected chi connectivity index (χ4v) is 3.69. The number of thioether (sulfide) groups is 1. The number of non-ortho nitro benzene ring substituents is 1. The molecule has 0 N–H and O–H groups in total. The Kier molecular flexibility index (Phi) is 4.77. The first-order valence-electron chi connectivity index (χ1n) is 8.62. The Hall–Kier alpha value is -3.65. The maximum atomic E-state index is 12.7. The number of hydrogen-bond donors (Lipinski definition) is 0. The summed E-state index contributed by atoms with van der Waals surface area (Å²) < 4.78 is 5.71. The minimum atomic E-state index is -0.478. The molecule has 0 atom stereocenters. The van der Waals surface area contributed by atoms with Crippen LogP contribution in [0.4, 0.5) is 16.2 Å². The van der Waals surface area contributed by atoms with Crippen molar-refractivity contribution < 1.29 is 18.9 Å². The highest BCUT2D eigenvalue weighted by molar-refractivity contribution is 8.19. The van der Waals surface area contributed by atoms with Crippen LogP contribution in [0.15, 0.2) is 70.0 Å². The van der Waals surface area contributed by atoms with Crippen LogP contribution in [-0.4, -0.2) is 16.1 Å². The Morgan fingerprint density at radius 3 is 2.55 bits per heavy atom. The molecule has 1 aliphatic rings. The van der Waals surface area contributed by atoms with Gasteiger partial charge in [-0.3, -0.25) is 19.7 Å². The van der Waals surface area contributed by atoms with E-state index in [9.17, 15) is 19.7 Å². The monoisotopic (exact) mass is 406 g/mol. The molecule has 29 heavy (non-hydrogen) atoms. The lowest BCUT2D eigenvalue weighted by Gasteiger charge is -2.12. The van der Waals surface area contributed by atoms with Crippen LogP contribution < -0.4 is 4.90 Å². The van der Waals surface area contributed by atoms with Crippen LogP contribution in [-0.2, 0) is 4.79 Å². The van der Waals surface area contributed by atoms with Crippen LogP contribution in [0.25, 0.3) is 17.4 Å². The van der Waals surface area contributed by atoms with Gasteiger partial charge in [-0.15, -0.1) is 0 Å². The number of rotatable bonds is 4. The fraction of sp³-hybridized carbons (Fsp3) is 0.0476. The molecule has 2 amide bonds. The van der Waals surface area contributed by atoms with Gasteiger partial charge in [0.2, 0.25) is 0 Å². The predicted octanol–water partition coefficient (Wildman–Crippen LogP) is 5.40. The molecule has 0 unspecified atom stereocenters. The molecule has 3 aromatic rings. The zero-order valence-electron chi connectivity index (χ0n) is 15.2. The van der Waals surface area contributed by atoms with Gasteiger partial charge in [0, 0.05) is 23.8 Å². The molecule has 0 spiro atoms. The molecule has 0 radical (unpaired) electrons. The Labute approximate surface area is 169 Å². The largest absolute Gasteiger partial charge is 0.457 e. The van der Waals surface area contributed by atoms with Gasteiger partial charge in [0.25, 0.3) is 16.8 Å². The zero-order chi connectivity index (χ0) is 20.5. The zero-order valence-corrected chi connectivity index (χ0v) is 16.0. The molecule has 2 aromatic carbocycles. The van der Waals surface area contributed by atoms with Crippen LogP contribution in [0.2, 0.25) is 0 Å². The molecular weight excluding hydrogens is 392 g/mol. The third-order valence-electron chi connectivity index (χ3n) is 4.33. The van der Waals surface area contributed by atoms with Crippen molar-refractivity contribution in [3.8, 4) is 11.3 Å². The van der Waals surface area contributed by atoms with Gasteiger partial charge in [0.1, 0.15) is 11.5 Å². The average Bonchev–Trinajstić information content (AvgIpc) is 3.28. The summed E-state index contributed by atoms with van der Waals surface area (Å²) in [5, 5.41) is 10.6. The number of anilines is 1. The standard InChI is InChI=1S/C21H14N2O5S/c1-13-5-7-15(8-6-13)22-20(24)19(29-21(22)25)12-17-9-10-18(28-17)14-3-2-4-16(11-14)23(26)27/h2-12H,1H3/b19-12-. The smallest absolute Gasteiger partial charge is 0.298 e. The maximum absolute atomic E-state index is 12.7. The number of carbonyl (C=O) groups excluding carboxylic acids is 2. The second-order valence-electron chi connectivity index (χ2n) is 6.36. The molecule has 1 saturated heterocycles. The number of nitro groups is 1. The summed E-state index contributed by atoms with van der Waals surface area (Å²) in [6.07, 6.45) is 1.50. The normalized spacial score (nSPS) is 15.3. The molecule has 1 aromatic heterocycles. The van der Waals surface area contributed by atoms with Gasteiger partial charge in [-0.25, -0.2) is 4.90 Å². The number of benzene rings is 2. The molecule has 144 valence electrons. The lowest BCUT2D eigenvalue weighted by Crippen LogP contribution is -2.27. The lowest BCUT2D eigenvalue weighted by atomic mass is 10.1. The molecular formula is C21H14N2O5S. The van der Waals surface area contributed by atoms with Gasteiger partial charge in [0.15, 0.2) is 0 Å². The number of amides is 2. The first-order chi connectivity index (χ1) is 13.9. The Morgan fingerprint density at radius 1 is 1.07 bits per heavy atom. The Morgan fingerprint density at radius 2 is 1.83 bits per heavy atom. The first kappa shape index (κ1) is 18.7. The molecule has 2 heterocycles. The van der Waals surface area contributed by atoms with Crippen molar-refractivity contribution in [3.63, 3.8) is 0 Å². The molecule has 7 nitrogen and oxygen atoms in total. The second-order valence-corrected chi connectivity index (χ2v) is 7.36. The molecule has 1 fully saturated rings. The van der Waals surface area contributed by atoms with E-state index in [4.69, 9.17) is 4.42 Å².